The molecule has 0 bridgehead atoms. The van der Waals surface area contributed by atoms with Crippen molar-refractivity contribution >= 4 is 0 Å². The number of nitrogens with zero attached hydrogens (tertiary/aromatic N) is 4. The van der Waals surface area contributed by atoms with E-state index in [1.54, 1.807) is 6.20 Å². The van der Waals surface area contributed by atoms with Crippen LogP contribution in [0.2, 0.25) is 0 Å². The Labute approximate surface area is 78.5 Å². The molecular formula is C9H16N4. The Kier molecular flexibility index (Phi) is 2.59. The zero-order chi connectivity index (χ0) is 9.10. The highest BCUT2D eigenvalue weighted by molar-refractivity contribution is 4.79. The minimum absolute atomic E-state index is 0.673. The largest absolute Gasteiger partial charge is 0.299 e. The number of hydrogen-bond acceptors (Lipinski definition) is 3. The topological polar surface area (TPSA) is 34.0 Å². The molecule has 1 saturated heterocycles. The van der Waals surface area contributed by atoms with Crippen LogP contribution < -0.4 is 0 Å². The van der Waals surface area contributed by atoms with Crippen LogP contribution in [-0.4, -0.2) is 39.0 Å². The molecule has 1 aromatic rings. The number of aromatic nitrogens is 3. The van der Waals surface area contributed by atoms with E-state index in [4.69, 9.17) is 0 Å². The molecule has 0 amide bonds. The molecule has 4 heteroatoms. The molecule has 13 heavy (non-hydrogen) atoms. The molecular weight excluding hydrogens is 164 g/mol. The molecule has 4 nitrogen and oxygen atoms in total. The summed E-state index contributed by atoms with van der Waals surface area (Å²) in [4.78, 5) is 2.52. The van der Waals surface area contributed by atoms with Crippen molar-refractivity contribution < 1.29 is 0 Å². The van der Waals surface area contributed by atoms with Gasteiger partial charge >= 0.3 is 0 Å². The molecule has 0 radical (unpaired) electrons. The fraction of sp³-hybridized carbons (Fsp3) is 0.778. The number of likely N-dealkylation sites (tertiary alicyclic amines) is 1. The second-order valence-corrected chi connectivity index (χ2v) is 3.55. The third-order valence-corrected chi connectivity index (χ3v) is 2.77. The highest BCUT2D eigenvalue weighted by atomic mass is 15.4. The van der Waals surface area contributed by atoms with Crippen molar-refractivity contribution in [1.82, 2.24) is 19.9 Å². The second kappa shape index (κ2) is 3.87. The van der Waals surface area contributed by atoms with E-state index in [2.05, 4.69) is 22.1 Å². The lowest BCUT2D eigenvalue weighted by atomic mass is 10.2. The standard InChI is InChI=1S/C9H16N4/c1-2-12-6-3-4-9(12)8-13-7-5-10-11-13/h5,7,9H,2-4,6,8H2,1H3/t9-/m0/s1. The first-order valence-electron chi connectivity index (χ1n) is 4.98. The summed E-state index contributed by atoms with van der Waals surface area (Å²) in [5.41, 5.74) is 0. The molecule has 0 spiro atoms. The zero-order valence-electron chi connectivity index (χ0n) is 8.06. The van der Waals surface area contributed by atoms with Gasteiger partial charge < -0.3 is 0 Å². The van der Waals surface area contributed by atoms with Gasteiger partial charge in [-0.25, -0.2) is 0 Å². The van der Waals surface area contributed by atoms with Gasteiger partial charge in [0, 0.05) is 12.2 Å². The van der Waals surface area contributed by atoms with E-state index in [9.17, 15) is 0 Å². The molecule has 2 heterocycles. The van der Waals surface area contributed by atoms with Crippen LogP contribution in [0.15, 0.2) is 12.4 Å². The van der Waals surface area contributed by atoms with Crippen molar-refractivity contribution in [2.24, 2.45) is 0 Å². The van der Waals surface area contributed by atoms with Gasteiger partial charge in [-0.15, -0.1) is 5.10 Å². The quantitative estimate of drug-likeness (QED) is 0.688. The monoisotopic (exact) mass is 180 g/mol. The van der Waals surface area contributed by atoms with Crippen molar-refractivity contribution in [3.05, 3.63) is 12.4 Å². The minimum atomic E-state index is 0.673. The fourth-order valence-electron chi connectivity index (χ4n) is 2.06. The van der Waals surface area contributed by atoms with E-state index in [1.165, 1.54) is 19.4 Å². The van der Waals surface area contributed by atoms with Crippen molar-refractivity contribution in [3.63, 3.8) is 0 Å². The van der Waals surface area contributed by atoms with Crippen LogP contribution in [-0.2, 0) is 6.54 Å². The van der Waals surface area contributed by atoms with Gasteiger partial charge in [-0.1, -0.05) is 12.1 Å². The molecule has 0 unspecified atom stereocenters. The molecule has 0 saturated carbocycles. The Balaban J connectivity index is 1.94. The van der Waals surface area contributed by atoms with Gasteiger partial charge in [0.15, 0.2) is 0 Å². The van der Waals surface area contributed by atoms with Crippen molar-refractivity contribution in [3.8, 4) is 0 Å². The van der Waals surface area contributed by atoms with Crippen molar-refractivity contribution in [2.75, 3.05) is 13.1 Å². The Hall–Kier alpha value is -0.900. The Morgan fingerprint density at radius 3 is 3.15 bits per heavy atom. The van der Waals surface area contributed by atoms with Crippen LogP contribution in [0.1, 0.15) is 19.8 Å². The molecule has 1 aromatic heterocycles. The number of hydrogen-bond donors (Lipinski definition) is 0. The number of likely N-dealkylation sites (N-methyl/N-ethyl adjacent to an activating group) is 1. The van der Waals surface area contributed by atoms with Gasteiger partial charge in [-0.05, 0) is 25.9 Å². The molecule has 0 aromatic carbocycles. The Morgan fingerprint density at radius 1 is 1.54 bits per heavy atom. The summed E-state index contributed by atoms with van der Waals surface area (Å²) in [5, 5.41) is 7.80. The Morgan fingerprint density at radius 2 is 2.46 bits per heavy atom. The van der Waals surface area contributed by atoms with E-state index in [1.807, 2.05) is 10.9 Å². The van der Waals surface area contributed by atoms with Crippen molar-refractivity contribution in [1.29, 1.82) is 0 Å². The minimum Gasteiger partial charge on any atom is -0.299 e. The number of rotatable bonds is 3. The summed E-state index contributed by atoms with van der Waals surface area (Å²) >= 11 is 0. The summed E-state index contributed by atoms with van der Waals surface area (Å²) in [6.07, 6.45) is 6.30. The van der Waals surface area contributed by atoms with Gasteiger partial charge in [0.25, 0.3) is 0 Å². The Bertz CT molecular complexity index is 244. The molecule has 1 fully saturated rings. The predicted molar refractivity (Wildman–Crippen MR) is 50.3 cm³/mol. The maximum atomic E-state index is 3.99. The van der Waals surface area contributed by atoms with E-state index < -0.39 is 0 Å². The van der Waals surface area contributed by atoms with Crippen LogP contribution in [0.25, 0.3) is 0 Å². The zero-order valence-corrected chi connectivity index (χ0v) is 8.06. The summed E-state index contributed by atoms with van der Waals surface area (Å²) < 4.78 is 1.93. The molecule has 72 valence electrons. The van der Waals surface area contributed by atoms with Crippen LogP contribution >= 0.6 is 0 Å². The third-order valence-electron chi connectivity index (χ3n) is 2.77. The van der Waals surface area contributed by atoms with Crippen LogP contribution in [0.4, 0.5) is 0 Å². The average Bonchev–Trinajstić information content (AvgIpc) is 2.76. The van der Waals surface area contributed by atoms with E-state index in [0.29, 0.717) is 6.04 Å². The summed E-state index contributed by atoms with van der Waals surface area (Å²) in [6.45, 7) is 5.61. The maximum absolute atomic E-state index is 3.99. The lowest BCUT2D eigenvalue weighted by Gasteiger charge is -2.21. The summed E-state index contributed by atoms with van der Waals surface area (Å²) in [5.74, 6) is 0. The van der Waals surface area contributed by atoms with Gasteiger partial charge in [0.2, 0.25) is 0 Å². The van der Waals surface area contributed by atoms with Gasteiger partial charge in [-0.2, -0.15) is 0 Å². The van der Waals surface area contributed by atoms with Crippen LogP contribution in [0.3, 0.4) is 0 Å². The molecule has 1 aliphatic rings. The first kappa shape index (κ1) is 8.69. The van der Waals surface area contributed by atoms with E-state index in [-0.39, 0.29) is 0 Å². The molecule has 0 N–H and O–H groups in total. The van der Waals surface area contributed by atoms with Gasteiger partial charge in [0.05, 0.1) is 12.7 Å². The van der Waals surface area contributed by atoms with Gasteiger partial charge in [-0.3, -0.25) is 9.58 Å². The van der Waals surface area contributed by atoms with E-state index in [0.717, 1.165) is 13.1 Å². The molecule has 1 aliphatic heterocycles. The average molecular weight is 180 g/mol. The summed E-state index contributed by atoms with van der Waals surface area (Å²) in [6, 6.07) is 0.673. The third kappa shape index (κ3) is 1.88. The van der Waals surface area contributed by atoms with E-state index >= 15 is 0 Å². The molecule has 1 atom stereocenters. The normalized spacial score (nSPS) is 23.9. The van der Waals surface area contributed by atoms with Crippen LogP contribution in [0, 0.1) is 0 Å². The predicted octanol–water partition coefficient (Wildman–Crippen LogP) is 0.762. The SMILES string of the molecule is CCN1CCC[C@H]1Cn1ccnn1. The van der Waals surface area contributed by atoms with Crippen molar-refractivity contribution in [2.45, 2.75) is 32.4 Å². The lowest BCUT2D eigenvalue weighted by molar-refractivity contribution is 0.237. The summed E-state index contributed by atoms with van der Waals surface area (Å²) in [7, 11) is 0. The van der Waals surface area contributed by atoms with Gasteiger partial charge in [0.1, 0.15) is 0 Å². The lowest BCUT2D eigenvalue weighted by Crippen LogP contribution is -2.32. The first-order chi connectivity index (χ1) is 6.40. The maximum Gasteiger partial charge on any atom is 0.0692 e. The molecule has 2 rings (SSSR count). The second-order valence-electron chi connectivity index (χ2n) is 3.55. The highest BCUT2D eigenvalue weighted by Crippen LogP contribution is 2.17. The van der Waals surface area contributed by atoms with Crippen LogP contribution in [0.5, 0.6) is 0 Å². The first-order valence-corrected chi connectivity index (χ1v) is 4.98. The molecule has 0 aliphatic carbocycles. The highest BCUT2D eigenvalue weighted by Gasteiger charge is 2.23. The smallest absolute Gasteiger partial charge is 0.0692 e. The fourth-order valence-corrected chi connectivity index (χ4v) is 2.06.